The molecule has 0 aliphatic heterocycles. The number of para-hydroxylation sites is 2. The Kier molecular flexibility index (Phi) is 6.29. The van der Waals surface area contributed by atoms with Crippen molar-refractivity contribution in [3.8, 4) is 11.5 Å². The molecule has 0 spiro atoms. The number of carbonyl (C=O) groups excluding carboxylic acids is 1. The zero-order valence-corrected chi connectivity index (χ0v) is 14.0. The Bertz CT molecular complexity index is 660. The third-order valence-electron chi connectivity index (χ3n) is 3.39. The number of amides is 1. The summed E-state index contributed by atoms with van der Waals surface area (Å²) >= 11 is 5.98. The van der Waals surface area contributed by atoms with E-state index in [4.69, 9.17) is 21.1 Å². The second-order valence-corrected chi connectivity index (χ2v) is 5.56. The van der Waals surface area contributed by atoms with Crippen LogP contribution >= 0.6 is 11.6 Å². The van der Waals surface area contributed by atoms with E-state index in [9.17, 15) is 4.79 Å². The predicted octanol–water partition coefficient (Wildman–Crippen LogP) is 3.56. The van der Waals surface area contributed by atoms with Gasteiger partial charge in [-0.3, -0.25) is 4.79 Å². The number of halogens is 1. The molecule has 122 valence electrons. The van der Waals surface area contributed by atoms with E-state index < -0.39 is 0 Å². The minimum Gasteiger partial charge on any atom is -0.491 e. The normalized spacial score (nSPS) is 10.2. The fraction of sp³-hybridized carbons (Fsp3) is 0.278. The van der Waals surface area contributed by atoms with Crippen LogP contribution in [0.25, 0.3) is 0 Å². The molecule has 23 heavy (non-hydrogen) atoms. The van der Waals surface area contributed by atoms with Crippen LogP contribution in [0, 0.1) is 6.92 Å². The van der Waals surface area contributed by atoms with Gasteiger partial charge in [0, 0.05) is 7.05 Å². The molecule has 4 nitrogen and oxygen atoms in total. The summed E-state index contributed by atoms with van der Waals surface area (Å²) in [5, 5.41) is 0.492. The van der Waals surface area contributed by atoms with Crippen LogP contribution < -0.4 is 9.47 Å². The number of ether oxygens (including phenoxy) is 2. The van der Waals surface area contributed by atoms with Crippen molar-refractivity contribution in [2.75, 3.05) is 26.8 Å². The minimum atomic E-state index is -0.127. The number of hydrogen-bond donors (Lipinski definition) is 0. The predicted molar refractivity (Wildman–Crippen MR) is 91.3 cm³/mol. The van der Waals surface area contributed by atoms with Crippen molar-refractivity contribution >= 4 is 17.5 Å². The lowest BCUT2D eigenvalue weighted by Crippen LogP contribution is -2.34. The average molecular weight is 334 g/mol. The van der Waals surface area contributed by atoms with E-state index in [2.05, 4.69) is 0 Å². The highest BCUT2D eigenvalue weighted by Crippen LogP contribution is 2.23. The Morgan fingerprint density at radius 2 is 1.70 bits per heavy atom. The molecule has 0 unspecified atom stereocenters. The van der Waals surface area contributed by atoms with Gasteiger partial charge < -0.3 is 14.4 Å². The fourth-order valence-electron chi connectivity index (χ4n) is 1.95. The van der Waals surface area contributed by atoms with Gasteiger partial charge in [-0.15, -0.1) is 0 Å². The first-order valence-electron chi connectivity index (χ1n) is 7.37. The van der Waals surface area contributed by atoms with Crippen LogP contribution in [0.1, 0.15) is 5.56 Å². The van der Waals surface area contributed by atoms with E-state index in [0.717, 1.165) is 11.3 Å². The van der Waals surface area contributed by atoms with E-state index in [0.29, 0.717) is 23.9 Å². The van der Waals surface area contributed by atoms with Crippen LogP contribution in [0.2, 0.25) is 5.02 Å². The summed E-state index contributed by atoms with van der Waals surface area (Å²) in [5.74, 6) is 1.21. The van der Waals surface area contributed by atoms with E-state index in [1.165, 1.54) is 0 Å². The van der Waals surface area contributed by atoms with E-state index in [-0.39, 0.29) is 12.5 Å². The average Bonchev–Trinajstić information content (AvgIpc) is 2.55. The van der Waals surface area contributed by atoms with Crippen LogP contribution in [-0.4, -0.2) is 37.6 Å². The standard InChI is InChI=1S/C18H20ClNO3/c1-14-7-3-5-9-16(14)22-12-11-20(2)18(21)13-23-17-10-6-4-8-15(17)19/h3-10H,11-13H2,1-2H3. The lowest BCUT2D eigenvalue weighted by molar-refractivity contribution is -0.132. The van der Waals surface area contributed by atoms with Crippen molar-refractivity contribution in [1.29, 1.82) is 0 Å². The van der Waals surface area contributed by atoms with Gasteiger partial charge in [-0.2, -0.15) is 0 Å². The Balaban J connectivity index is 1.75. The molecule has 2 aromatic carbocycles. The van der Waals surface area contributed by atoms with Crippen LogP contribution in [0.3, 0.4) is 0 Å². The van der Waals surface area contributed by atoms with Gasteiger partial charge in [0.25, 0.3) is 5.91 Å². The Morgan fingerprint density at radius 3 is 2.39 bits per heavy atom. The first-order chi connectivity index (χ1) is 11.1. The van der Waals surface area contributed by atoms with Crippen molar-refractivity contribution in [1.82, 2.24) is 4.90 Å². The maximum absolute atomic E-state index is 12.0. The lowest BCUT2D eigenvalue weighted by atomic mass is 10.2. The molecular formula is C18H20ClNO3. The third-order valence-corrected chi connectivity index (χ3v) is 3.70. The monoisotopic (exact) mass is 333 g/mol. The summed E-state index contributed by atoms with van der Waals surface area (Å²) in [5.41, 5.74) is 1.07. The molecule has 0 aliphatic carbocycles. The summed E-state index contributed by atoms with van der Waals surface area (Å²) in [4.78, 5) is 13.6. The summed E-state index contributed by atoms with van der Waals surface area (Å²) in [7, 11) is 1.72. The molecule has 0 saturated heterocycles. The van der Waals surface area contributed by atoms with Gasteiger partial charge in [0.2, 0.25) is 0 Å². The van der Waals surface area contributed by atoms with Gasteiger partial charge in [0.15, 0.2) is 6.61 Å². The minimum absolute atomic E-state index is 0.0510. The van der Waals surface area contributed by atoms with E-state index in [1.54, 1.807) is 24.1 Å². The first kappa shape index (κ1) is 17.2. The van der Waals surface area contributed by atoms with Gasteiger partial charge >= 0.3 is 0 Å². The molecule has 0 saturated carbocycles. The Hall–Kier alpha value is -2.20. The van der Waals surface area contributed by atoms with Crippen molar-refractivity contribution in [2.24, 2.45) is 0 Å². The molecule has 0 aliphatic rings. The van der Waals surface area contributed by atoms with Crippen molar-refractivity contribution in [3.63, 3.8) is 0 Å². The number of aryl methyl sites for hydroxylation is 1. The van der Waals surface area contributed by atoms with Crippen LogP contribution in [0.15, 0.2) is 48.5 Å². The first-order valence-corrected chi connectivity index (χ1v) is 7.75. The molecule has 0 atom stereocenters. The molecule has 1 amide bonds. The Labute approximate surface area is 141 Å². The molecular weight excluding hydrogens is 314 g/mol. The summed E-state index contributed by atoms with van der Waals surface area (Å²) in [6.07, 6.45) is 0. The number of hydrogen-bond acceptors (Lipinski definition) is 3. The quantitative estimate of drug-likeness (QED) is 0.777. The molecule has 0 radical (unpaired) electrons. The highest BCUT2D eigenvalue weighted by atomic mass is 35.5. The molecule has 0 heterocycles. The molecule has 0 bridgehead atoms. The zero-order chi connectivity index (χ0) is 16.7. The summed E-state index contributed by atoms with van der Waals surface area (Å²) in [6.45, 7) is 2.85. The topological polar surface area (TPSA) is 38.8 Å². The van der Waals surface area contributed by atoms with Crippen LogP contribution in [0.4, 0.5) is 0 Å². The van der Waals surface area contributed by atoms with Gasteiger partial charge in [-0.1, -0.05) is 41.9 Å². The van der Waals surface area contributed by atoms with E-state index in [1.807, 2.05) is 43.3 Å². The largest absolute Gasteiger partial charge is 0.491 e. The number of benzene rings is 2. The lowest BCUT2D eigenvalue weighted by Gasteiger charge is -2.18. The number of nitrogens with zero attached hydrogens (tertiary/aromatic N) is 1. The summed E-state index contributed by atoms with van der Waals surface area (Å²) < 4.78 is 11.1. The van der Waals surface area contributed by atoms with Gasteiger partial charge in [0.1, 0.15) is 18.1 Å². The molecule has 2 aromatic rings. The van der Waals surface area contributed by atoms with Gasteiger partial charge in [-0.25, -0.2) is 0 Å². The molecule has 0 fully saturated rings. The maximum Gasteiger partial charge on any atom is 0.260 e. The molecule has 0 aromatic heterocycles. The smallest absolute Gasteiger partial charge is 0.260 e. The van der Waals surface area contributed by atoms with Gasteiger partial charge in [-0.05, 0) is 30.7 Å². The second-order valence-electron chi connectivity index (χ2n) is 5.15. The fourth-order valence-corrected chi connectivity index (χ4v) is 2.14. The van der Waals surface area contributed by atoms with Gasteiger partial charge in [0.05, 0.1) is 11.6 Å². The van der Waals surface area contributed by atoms with Crippen LogP contribution in [-0.2, 0) is 4.79 Å². The zero-order valence-electron chi connectivity index (χ0n) is 13.3. The van der Waals surface area contributed by atoms with Crippen molar-refractivity contribution < 1.29 is 14.3 Å². The van der Waals surface area contributed by atoms with E-state index >= 15 is 0 Å². The summed E-state index contributed by atoms with van der Waals surface area (Å²) in [6, 6.07) is 14.9. The number of rotatable bonds is 7. The van der Waals surface area contributed by atoms with Crippen molar-refractivity contribution in [3.05, 3.63) is 59.1 Å². The highest BCUT2D eigenvalue weighted by Gasteiger charge is 2.11. The highest BCUT2D eigenvalue weighted by molar-refractivity contribution is 6.32. The number of carbonyl (C=O) groups is 1. The second kappa shape index (κ2) is 8.44. The van der Waals surface area contributed by atoms with Crippen LogP contribution in [0.5, 0.6) is 11.5 Å². The molecule has 5 heteroatoms. The number of likely N-dealkylation sites (N-methyl/N-ethyl adjacent to an activating group) is 1. The Morgan fingerprint density at radius 1 is 1.04 bits per heavy atom. The molecule has 0 N–H and O–H groups in total. The van der Waals surface area contributed by atoms with Crippen molar-refractivity contribution in [2.45, 2.75) is 6.92 Å². The molecule has 2 rings (SSSR count). The third kappa shape index (κ3) is 5.18. The maximum atomic E-state index is 12.0. The SMILES string of the molecule is Cc1ccccc1OCCN(C)C(=O)COc1ccccc1Cl.